The minimum Gasteiger partial charge on any atom is -0.443 e. The van der Waals surface area contributed by atoms with E-state index in [0.29, 0.717) is 4.43 Å². The van der Waals surface area contributed by atoms with Gasteiger partial charge in [0.25, 0.3) is 0 Å². The van der Waals surface area contributed by atoms with Crippen molar-refractivity contribution in [2.24, 2.45) is 0 Å². The van der Waals surface area contributed by atoms with Crippen molar-refractivity contribution >= 4 is 39.7 Å². The highest BCUT2D eigenvalue weighted by Crippen LogP contribution is 2.23. The Morgan fingerprint density at radius 2 is 1.90 bits per heavy atom. The number of alkyl halides is 1. The van der Waals surface area contributed by atoms with Crippen LogP contribution in [0.15, 0.2) is 12.1 Å². The van der Waals surface area contributed by atoms with Crippen molar-refractivity contribution in [1.82, 2.24) is 9.55 Å². The van der Waals surface area contributed by atoms with Gasteiger partial charge in [-0.2, -0.15) is 0 Å². The van der Waals surface area contributed by atoms with Crippen molar-refractivity contribution in [3.63, 3.8) is 0 Å². The van der Waals surface area contributed by atoms with Gasteiger partial charge in [-0.25, -0.2) is 14.3 Å². The molecule has 0 aliphatic carbocycles. The lowest BCUT2D eigenvalue weighted by atomic mass is 10.1. The monoisotopic (exact) mass is 386 g/mol. The molecule has 0 unspecified atom stereocenters. The number of carbonyl (C=O) groups is 1. The van der Waals surface area contributed by atoms with Gasteiger partial charge < -0.3 is 4.74 Å². The van der Waals surface area contributed by atoms with Crippen molar-refractivity contribution in [3.8, 4) is 0 Å². The first kappa shape index (κ1) is 15.3. The van der Waals surface area contributed by atoms with E-state index in [2.05, 4.69) is 27.6 Å². The van der Waals surface area contributed by atoms with Crippen molar-refractivity contribution in [1.29, 1.82) is 0 Å². The van der Waals surface area contributed by atoms with Gasteiger partial charge in [-0.1, -0.05) is 22.6 Å². The molecule has 0 saturated carbocycles. The first-order chi connectivity index (χ1) is 9.23. The van der Waals surface area contributed by atoms with Crippen LogP contribution < -0.4 is 0 Å². The van der Waals surface area contributed by atoms with E-state index in [4.69, 9.17) is 4.74 Å². The van der Waals surface area contributed by atoms with Crippen LogP contribution in [0.1, 0.15) is 37.7 Å². The van der Waals surface area contributed by atoms with Crippen LogP contribution in [-0.2, 0) is 9.16 Å². The van der Waals surface area contributed by atoms with Crippen LogP contribution in [0.5, 0.6) is 0 Å². The summed E-state index contributed by atoms with van der Waals surface area (Å²) in [5.74, 6) is 0.722. The number of imidazole rings is 1. The topological polar surface area (TPSA) is 44.1 Å². The predicted octanol–water partition coefficient (Wildman–Crippen LogP) is 4.37. The van der Waals surface area contributed by atoms with E-state index in [9.17, 15) is 4.79 Å². The Morgan fingerprint density at radius 1 is 1.30 bits per heavy atom. The maximum absolute atomic E-state index is 12.4. The van der Waals surface area contributed by atoms with Gasteiger partial charge >= 0.3 is 6.09 Å². The van der Waals surface area contributed by atoms with E-state index in [-0.39, 0.29) is 6.09 Å². The molecule has 2 rings (SSSR count). The third-order valence-corrected chi connectivity index (χ3v) is 3.72. The molecule has 5 heteroatoms. The highest BCUT2D eigenvalue weighted by molar-refractivity contribution is 14.1. The number of rotatable bonds is 1. The molecule has 1 aromatic carbocycles. The van der Waals surface area contributed by atoms with Crippen LogP contribution in [0.3, 0.4) is 0 Å². The minimum absolute atomic E-state index is 0.366. The molecular formula is C15H19IN2O2. The normalized spacial score (nSPS) is 11.9. The summed E-state index contributed by atoms with van der Waals surface area (Å²) in [6.45, 7) is 9.67. The van der Waals surface area contributed by atoms with Gasteiger partial charge in [0.1, 0.15) is 11.4 Å². The average Bonchev–Trinajstić information content (AvgIpc) is 2.65. The van der Waals surface area contributed by atoms with Gasteiger partial charge in [-0.3, -0.25) is 0 Å². The molecule has 0 aliphatic heterocycles. The number of hydrogen-bond acceptors (Lipinski definition) is 3. The molecule has 0 bridgehead atoms. The first-order valence-electron chi connectivity index (χ1n) is 6.51. The van der Waals surface area contributed by atoms with Gasteiger partial charge in [0, 0.05) is 0 Å². The summed E-state index contributed by atoms with van der Waals surface area (Å²) < 4.78 is 7.72. The van der Waals surface area contributed by atoms with Crippen molar-refractivity contribution in [3.05, 3.63) is 29.1 Å². The molecule has 20 heavy (non-hydrogen) atoms. The summed E-state index contributed by atoms with van der Waals surface area (Å²) in [7, 11) is 0. The van der Waals surface area contributed by atoms with Crippen molar-refractivity contribution in [2.75, 3.05) is 0 Å². The summed E-state index contributed by atoms with van der Waals surface area (Å²) in [5.41, 5.74) is 3.45. The zero-order valence-corrected chi connectivity index (χ0v) is 14.6. The lowest BCUT2D eigenvalue weighted by Crippen LogP contribution is -2.28. The molecule has 0 amide bonds. The van der Waals surface area contributed by atoms with E-state index >= 15 is 0 Å². The maximum Gasteiger partial charge on any atom is 0.420 e. The second-order valence-electron chi connectivity index (χ2n) is 5.90. The summed E-state index contributed by atoms with van der Waals surface area (Å²) in [6.07, 6.45) is -0.366. The Morgan fingerprint density at radius 3 is 2.45 bits per heavy atom. The second-order valence-corrected chi connectivity index (χ2v) is 6.67. The lowest BCUT2D eigenvalue weighted by Gasteiger charge is -2.20. The Hall–Kier alpha value is -1.11. The first-order valence-corrected chi connectivity index (χ1v) is 8.03. The molecule has 2 aromatic rings. The third kappa shape index (κ3) is 2.97. The zero-order chi connectivity index (χ0) is 15.1. The summed E-state index contributed by atoms with van der Waals surface area (Å²) in [5, 5.41) is 0. The van der Waals surface area contributed by atoms with E-state index in [1.807, 2.05) is 46.8 Å². The fourth-order valence-electron chi connectivity index (χ4n) is 1.98. The predicted molar refractivity (Wildman–Crippen MR) is 88.6 cm³/mol. The van der Waals surface area contributed by atoms with Crippen LogP contribution in [0.2, 0.25) is 0 Å². The summed E-state index contributed by atoms with van der Waals surface area (Å²) >= 11 is 2.21. The molecule has 0 fully saturated rings. The van der Waals surface area contributed by atoms with E-state index in [1.54, 1.807) is 4.57 Å². The van der Waals surface area contributed by atoms with E-state index in [0.717, 1.165) is 22.4 Å². The highest BCUT2D eigenvalue weighted by Gasteiger charge is 2.22. The summed E-state index contributed by atoms with van der Waals surface area (Å²) in [4.78, 5) is 16.9. The Bertz CT molecular complexity index is 669. The van der Waals surface area contributed by atoms with Gasteiger partial charge in [-0.15, -0.1) is 0 Å². The van der Waals surface area contributed by atoms with Crippen LogP contribution in [0.4, 0.5) is 4.79 Å². The van der Waals surface area contributed by atoms with Gasteiger partial charge in [0.05, 0.1) is 15.5 Å². The van der Waals surface area contributed by atoms with Gasteiger partial charge in [0.2, 0.25) is 0 Å². The lowest BCUT2D eigenvalue weighted by molar-refractivity contribution is 0.0540. The molecule has 4 nitrogen and oxygen atoms in total. The Balaban J connectivity index is 2.61. The minimum atomic E-state index is -0.518. The van der Waals surface area contributed by atoms with E-state index < -0.39 is 5.60 Å². The average molecular weight is 386 g/mol. The molecular weight excluding hydrogens is 367 g/mol. The standard InChI is InChI=1S/C15H19IN2O2/c1-9-6-11-12(7-10(9)2)18(13(8-16)17-11)14(19)20-15(3,4)5/h6-7H,8H2,1-5H3. The molecule has 0 spiro atoms. The van der Waals surface area contributed by atoms with Crippen LogP contribution in [0.25, 0.3) is 11.0 Å². The molecule has 1 heterocycles. The van der Waals surface area contributed by atoms with Crippen molar-refractivity contribution in [2.45, 2.75) is 44.6 Å². The van der Waals surface area contributed by atoms with Crippen molar-refractivity contribution < 1.29 is 9.53 Å². The molecule has 0 N–H and O–H groups in total. The number of carbonyl (C=O) groups excluding carboxylic acids is 1. The Kier molecular flexibility index (Phi) is 4.09. The largest absolute Gasteiger partial charge is 0.443 e. The number of fused-ring (bicyclic) bond motifs is 1. The quantitative estimate of drug-likeness (QED) is 0.540. The van der Waals surface area contributed by atoms with Crippen LogP contribution in [0, 0.1) is 13.8 Å². The third-order valence-electron chi connectivity index (χ3n) is 3.04. The van der Waals surface area contributed by atoms with E-state index in [1.165, 1.54) is 5.56 Å². The number of aromatic nitrogens is 2. The number of benzene rings is 1. The number of ether oxygens (including phenoxy) is 1. The van der Waals surface area contributed by atoms with Crippen LogP contribution in [-0.4, -0.2) is 21.2 Å². The Labute approximate surface area is 132 Å². The fourth-order valence-corrected chi connectivity index (χ4v) is 2.50. The molecule has 0 atom stereocenters. The van der Waals surface area contributed by atoms with Gasteiger partial charge in [-0.05, 0) is 57.9 Å². The number of aryl methyl sites for hydroxylation is 2. The molecule has 0 saturated heterocycles. The maximum atomic E-state index is 12.4. The fraction of sp³-hybridized carbons (Fsp3) is 0.467. The number of nitrogens with zero attached hydrogens (tertiary/aromatic N) is 2. The summed E-state index contributed by atoms with van der Waals surface area (Å²) in [6, 6.07) is 4.01. The second kappa shape index (κ2) is 5.35. The molecule has 0 aliphatic rings. The highest BCUT2D eigenvalue weighted by atomic mass is 127. The van der Waals surface area contributed by atoms with Crippen LogP contribution >= 0.6 is 22.6 Å². The van der Waals surface area contributed by atoms with Gasteiger partial charge in [0.15, 0.2) is 0 Å². The number of halogens is 1. The molecule has 108 valence electrons. The zero-order valence-electron chi connectivity index (χ0n) is 12.5. The molecule has 0 radical (unpaired) electrons. The molecule has 1 aromatic heterocycles. The SMILES string of the molecule is Cc1cc2nc(CI)n(C(=O)OC(C)(C)C)c2cc1C. The smallest absolute Gasteiger partial charge is 0.420 e. The number of hydrogen-bond donors (Lipinski definition) is 0.